The van der Waals surface area contributed by atoms with E-state index in [-0.39, 0.29) is 41.9 Å². The summed E-state index contributed by atoms with van der Waals surface area (Å²) in [6.07, 6.45) is 1.61. The Balaban J connectivity index is 1.41. The summed E-state index contributed by atoms with van der Waals surface area (Å²) in [7, 11) is -3.42. The van der Waals surface area contributed by atoms with E-state index in [2.05, 4.69) is 15.4 Å². The Bertz CT molecular complexity index is 1350. The van der Waals surface area contributed by atoms with Crippen LogP contribution < -0.4 is 5.32 Å². The van der Waals surface area contributed by atoms with Crippen LogP contribution in [-0.4, -0.2) is 62.9 Å². The van der Waals surface area contributed by atoms with Gasteiger partial charge in [0.2, 0.25) is 16.0 Å². The zero-order valence-corrected chi connectivity index (χ0v) is 17.9. The summed E-state index contributed by atoms with van der Waals surface area (Å²) in [4.78, 5) is 4.01. The molecular formula is C20H19F4N5O3S. The normalized spacial score (nSPS) is 22.1. The standard InChI is InChI=1S/C20H19F4N5O3S/c21-12-6-14(23)13(22)5-11(12)17-7-15(24)18-8-25-20(27-29(17)18)26-16-3-4-28(9-19(16)30)33(31,32)10-1-2-10/h5-8,10,16,19,30H,1-4,9H2,(H,26,27)/t16-,19-/m1/s1. The quantitative estimate of drug-likeness (QED) is 0.425. The fourth-order valence-electron chi connectivity index (χ4n) is 3.97. The topological polar surface area (TPSA) is 99.8 Å². The molecule has 2 aliphatic rings. The molecule has 2 aromatic heterocycles. The molecule has 1 aliphatic carbocycles. The number of hydrogen-bond donors (Lipinski definition) is 2. The number of benzene rings is 1. The zero-order valence-electron chi connectivity index (χ0n) is 17.0. The van der Waals surface area contributed by atoms with Gasteiger partial charge in [-0.1, -0.05) is 0 Å². The van der Waals surface area contributed by atoms with E-state index >= 15 is 0 Å². The van der Waals surface area contributed by atoms with Gasteiger partial charge in [0, 0.05) is 30.8 Å². The molecule has 3 heterocycles. The number of aromatic nitrogens is 3. The third-order valence-corrected chi connectivity index (χ3v) is 8.28. The molecule has 0 radical (unpaired) electrons. The molecule has 33 heavy (non-hydrogen) atoms. The predicted octanol–water partition coefficient (Wildman–Crippen LogP) is 2.29. The van der Waals surface area contributed by atoms with Gasteiger partial charge in [-0.2, -0.15) is 4.31 Å². The number of rotatable bonds is 5. The lowest BCUT2D eigenvalue weighted by Gasteiger charge is -2.35. The first kappa shape index (κ1) is 22.0. The highest BCUT2D eigenvalue weighted by Gasteiger charge is 2.43. The van der Waals surface area contributed by atoms with Crippen LogP contribution >= 0.6 is 0 Å². The lowest BCUT2D eigenvalue weighted by Crippen LogP contribution is -2.52. The number of fused-ring (bicyclic) bond motifs is 1. The number of halogens is 4. The molecule has 2 N–H and O–H groups in total. The summed E-state index contributed by atoms with van der Waals surface area (Å²) >= 11 is 0. The summed E-state index contributed by atoms with van der Waals surface area (Å²) in [6.45, 7) is 0.126. The highest BCUT2D eigenvalue weighted by molar-refractivity contribution is 7.90. The van der Waals surface area contributed by atoms with Gasteiger partial charge >= 0.3 is 0 Å². The van der Waals surface area contributed by atoms with Crippen molar-refractivity contribution in [3.05, 3.63) is 47.7 Å². The maximum atomic E-state index is 14.4. The maximum absolute atomic E-state index is 14.4. The minimum atomic E-state index is -3.42. The summed E-state index contributed by atoms with van der Waals surface area (Å²) in [6, 6.07) is 1.32. The number of β-amino-alcohol motifs (C(OH)–C–C–N with tert-alkyl or cyclic N) is 1. The third kappa shape index (κ3) is 3.93. The lowest BCUT2D eigenvalue weighted by molar-refractivity contribution is 0.0946. The van der Waals surface area contributed by atoms with Crippen molar-refractivity contribution >= 4 is 21.5 Å². The Morgan fingerprint density at radius 2 is 1.73 bits per heavy atom. The molecule has 176 valence electrons. The van der Waals surface area contributed by atoms with Crippen LogP contribution in [0.4, 0.5) is 23.5 Å². The van der Waals surface area contributed by atoms with E-state index in [1.165, 1.54) is 4.31 Å². The van der Waals surface area contributed by atoms with E-state index in [1.54, 1.807) is 0 Å². The Morgan fingerprint density at radius 3 is 2.42 bits per heavy atom. The van der Waals surface area contributed by atoms with Gasteiger partial charge < -0.3 is 10.4 Å². The second-order valence-electron chi connectivity index (χ2n) is 8.21. The smallest absolute Gasteiger partial charge is 0.241 e. The lowest BCUT2D eigenvalue weighted by atomic mass is 10.0. The molecule has 0 spiro atoms. The number of hydrogen-bond acceptors (Lipinski definition) is 6. The predicted molar refractivity (Wildman–Crippen MR) is 110 cm³/mol. The van der Waals surface area contributed by atoms with Gasteiger partial charge in [-0.3, -0.25) is 0 Å². The molecule has 1 saturated heterocycles. The molecule has 1 aromatic carbocycles. The molecule has 0 bridgehead atoms. The van der Waals surface area contributed by atoms with Crippen LogP contribution in [0.25, 0.3) is 16.8 Å². The van der Waals surface area contributed by atoms with Crippen molar-refractivity contribution in [2.75, 3.05) is 18.4 Å². The zero-order chi connectivity index (χ0) is 23.5. The monoisotopic (exact) mass is 485 g/mol. The molecule has 2 atom stereocenters. The van der Waals surface area contributed by atoms with Gasteiger partial charge in [0.1, 0.15) is 11.3 Å². The van der Waals surface area contributed by atoms with Gasteiger partial charge in [0.25, 0.3) is 0 Å². The Kier molecular flexibility index (Phi) is 5.29. The molecule has 3 aromatic rings. The SMILES string of the molecule is O=S(=O)(C1CC1)N1CC[C@@H](Nc2ncc3c(F)cc(-c4cc(F)c(F)cc4F)n3n2)[C@H](O)C1. The maximum Gasteiger partial charge on any atom is 0.241 e. The van der Waals surface area contributed by atoms with E-state index in [0.29, 0.717) is 25.0 Å². The number of aliphatic hydroxyl groups excluding tert-OH is 1. The molecule has 5 rings (SSSR count). The van der Waals surface area contributed by atoms with E-state index in [4.69, 9.17) is 0 Å². The van der Waals surface area contributed by atoms with Crippen molar-refractivity contribution < 1.29 is 31.1 Å². The van der Waals surface area contributed by atoms with Crippen LogP contribution in [0.3, 0.4) is 0 Å². The van der Waals surface area contributed by atoms with Crippen molar-refractivity contribution in [2.24, 2.45) is 0 Å². The van der Waals surface area contributed by atoms with Crippen LogP contribution in [-0.2, 0) is 10.0 Å². The minimum Gasteiger partial charge on any atom is -0.390 e. The summed E-state index contributed by atoms with van der Waals surface area (Å²) in [5, 5.41) is 17.1. The number of aliphatic hydroxyl groups is 1. The van der Waals surface area contributed by atoms with Crippen LogP contribution in [0, 0.1) is 23.3 Å². The van der Waals surface area contributed by atoms with Gasteiger partial charge in [-0.05, 0) is 25.3 Å². The van der Waals surface area contributed by atoms with Crippen molar-refractivity contribution in [3.8, 4) is 11.3 Å². The fourth-order valence-corrected chi connectivity index (χ4v) is 5.85. The first-order chi connectivity index (χ1) is 15.6. The molecule has 1 aliphatic heterocycles. The molecule has 13 heteroatoms. The Labute approximate surface area is 185 Å². The average Bonchev–Trinajstić information content (AvgIpc) is 3.58. The minimum absolute atomic E-state index is 0.0371. The van der Waals surface area contributed by atoms with Crippen molar-refractivity contribution in [1.82, 2.24) is 18.9 Å². The number of sulfonamides is 1. The average molecular weight is 485 g/mol. The number of anilines is 1. The van der Waals surface area contributed by atoms with E-state index in [1.807, 2.05) is 0 Å². The number of nitrogens with one attached hydrogen (secondary N) is 1. The van der Waals surface area contributed by atoms with Crippen molar-refractivity contribution in [1.29, 1.82) is 0 Å². The van der Waals surface area contributed by atoms with Crippen molar-refractivity contribution in [2.45, 2.75) is 36.7 Å². The highest BCUT2D eigenvalue weighted by Crippen LogP contribution is 2.33. The van der Waals surface area contributed by atoms with Crippen LogP contribution in [0.2, 0.25) is 0 Å². The van der Waals surface area contributed by atoms with Crippen LogP contribution in [0.15, 0.2) is 24.4 Å². The third-order valence-electron chi connectivity index (χ3n) is 5.92. The highest BCUT2D eigenvalue weighted by atomic mass is 32.2. The van der Waals surface area contributed by atoms with E-state index in [0.717, 1.165) is 16.8 Å². The van der Waals surface area contributed by atoms with E-state index < -0.39 is 51.0 Å². The fraction of sp³-hybridized carbons (Fsp3) is 0.400. The van der Waals surface area contributed by atoms with Crippen molar-refractivity contribution in [3.63, 3.8) is 0 Å². The van der Waals surface area contributed by atoms with Crippen LogP contribution in [0.1, 0.15) is 19.3 Å². The molecule has 2 fully saturated rings. The summed E-state index contributed by atoms with van der Waals surface area (Å²) < 4.78 is 82.7. The summed E-state index contributed by atoms with van der Waals surface area (Å²) in [5.74, 6) is -4.60. The van der Waals surface area contributed by atoms with Gasteiger partial charge in [-0.25, -0.2) is 35.5 Å². The van der Waals surface area contributed by atoms with E-state index in [9.17, 15) is 31.1 Å². The largest absolute Gasteiger partial charge is 0.390 e. The second kappa shape index (κ2) is 7.92. The molecule has 0 amide bonds. The van der Waals surface area contributed by atoms with Gasteiger partial charge in [0.15, 0.2) is 17.5 Å². The molecule has 0 unspecified atom stereocenters. The molecule has 1 saturated carbocycles. The first-order valence-corrected chi connectivity index (χ1v) is 11.8. The Morgan fingerprint density at radius 1 is 1.00 bits per heavy atom. The van der Waals surface area contributed by atoms with Gasteiger partial charge in [-0.15, -0.1) is 5.10 Å². The molecular weight excluding hydrogens is 466 g/mol. The molecule has 8 nitrogen and oxygen atoms in total. The van der Waals surface area contributed by atoms with Crippen LogP contribution in [0.5, 0.6) is 0 Å². The second-order valence-corrected chi connectivity index (χ2v) is 10.4. The number of piperidine rings is 1. The van der Waals surface area contributed by atoms with Gasteiger partial charge in [0.05, 0.1) is 29.3 Å². The Hall–Kier alpha value is -2.77. The number of nitrogens with zero attached hydrogens (tertiary/aromatic N) is 4. The first-order valence-electron chi connectivity index (χ1n) is 10.3. The summed E-state index contributed by atoms with van der Waals surface area (Å²) in [5.41, 5.74) is -0.670.